The number of nitrogens with one attached hydrogen (secondary N) is 1. The zero-order valence-corrected chi connectivity index (χ0v) is 17.1. The Morgan fingerprint density at radius 2 is 1.86 bits per heavy atom. The molecule has 1 aromatic carbocycles. The van der Waals surface area contributed by atoms with Crippen molar-refractivity contribution in [2.45, 2.75) is 57.5 Å². The molecule has 0 atom stereocenters. The Morgan fingerprint density at radius 3 is 2.61 bits per heavy atom. The van der Waals surface area contributed by atoms with Gasteiger partial charge in [-0.15, -0.1) is 10.2 Å². The molecule has 3 heterocycles. The minimum atomic E-state index is 0.348. The normalized spacial score (nSPS) is 21.8. The predicted molar refractivity (Wildman–Crippen MR) is 107 cm³/mol. The third-order valence-corrected chi connectivity index (χ3v) is 6.62. The predicted octanol–water partition coefficient (Wildman–Crippen LogP) is 4.92. The van der Waals surface area contributed by atoms with E-state index in [1.54, 1.807) is 0 Å². The van der Waals surface area contributed by atoms with E-state index in [0.29, 0.717) is 29.2 Å². The highest BCUT2D eigenvalue weighted by Gasteiger charge is 2.32. The maximum Gasteiger partial charge on any atom is 0.152 e. The fourth-order valence-corrected chi connectivity index (χ4v) is 4.87. The molecular formula is C20H21Cl2N5O. The van der Waals surface area contributed by atoms with Crippen molar-refractivity contribution in [3.8, 4) is 5.69 Å². The Hall–Kier alpha value is -1.89. The van der Waals surface area contributed by atoms with Crippen LogP contribution in [0.2, 0.25) is 10.0 Å². The van der Waals surface area contributed by atoms with Gasteiger partial charge in [-0.2, -0.15) is 0 Å². The number of nitrogens with zero attached hydrogens (tertiary/aromatic N) is 4. The zero-order valence-electron chi connectivity index (χ0n) is 15.6. The van der Waals surface area contributed by atoms with E-state index in [1.807, 2.05) is 19.1 Å². The Labute approximate surface area is 173 Å². The van der Waals surface area contributed by atoms with E-state index in [4.69, 9.17) is 27.7 Å². The lowest BCUT2D eigenvalue weighted by molar-refractivity contribution is 0.347. The van der Waals surface area contributed by atoms with Gasteiger partial charge >= 0.3 is 0 Å². The Balaban J connectivity index is 1.43. The number of fused-ring (bicyclic) bond motifs is 3. The van der Waals surface area contributed by atoms with E-state index in [2.05, 4.69) is 31.3 Å². The van der Waals surface area contributed by atoms with Crippen LogP contribution in [0.1, 0.15) is 66.2 Å². The summed E-state index contributed by atoms with van der Waals surface area (Å²) in [7, 11) is 0. The van der Waals surface area contributed by atoms with E-state index in [9.17, 15) is 0 Å². The zero-order chi connectivity index (χ0) is 19.3. The molecule has 0 radical (unpaired) electrons. The molecule has 0 unspecified atom stereocenters. The highest BCUT2D eigenvalue weighted by molar-refractivity contribution is 6.31. The van der Waals surface area contributed by atoms with Gasteiger partial charge in [0.05, 0.1) is 12.2 Å². The first kappa shape index (κ1) is 18.2. The summed E-state index contributed by atoms with van der Waals surface area (Å²) in [4.78, 5) is 0. The largest absolute Gasteiger partial charge is 0.360 e. The Kier molecular flexibility index (Phi) is 4.65. The lowest BCUT2D eigenvalue weighted by Gasteiger charge is -2.27. The van der Waals surface area contributed by atoms with Crippen LogP contribution in [0.3, 0.4) is 0 Å². The SMILES string of the molecule is Cc1onc(C2CCC(c3nnc4n3-c3ccc(Cl)cc3CNC4)CC2)c1Cl. The molecule has 146 valence electrons. The van der Waals surface area contributed by atoms with E-state index in [-0.39, 0.29) is 0 Å². The molecular weight excluding hydrogens is 397 g/mol. The molecule has 0 spiro atoms. The van der Waals surface area contributed by atoms with Crippen molar-refractivity contribution in [3.63, 3.8) is 0 Å². The topological polar surface area (TPSA) is 68.8 Å². The quantitative estimate of drug-likeness (QED) is 0.640. The fourth-order valence-electron chi connectivity index (χ4n) is 4.45. The van der Waals surface area contributed by atoms with Gasteiger partial charge in [0, 0.05) is 23.4 Å². The van der Waals surface area contributed by atoms with Gasteiger partial charge in [0.15, 0.2) is 11.6 Å². The van der Waals surface area contributed by atoms with Crippen LogP contribution in [0.4, 0.5) is 0 Å². The summed E-state index contributed by atoms with van der Waals surface area (Å²) < 4.78 is 7.48. The van der Waals surface area contributed by atoms with Crippen LogP contribution in [0.25, 0.3) is 5.69 Å². The molecule has 1 aliphatic heterocycles. The smallest absolute Gasteiger partial charge is 0.152 e. The molecule has 0 amide bonds. The van der Waals surface area contributed by atoms with Gasteiger partial charge in [0.1, 0.15) is 16.5 Å². The summed E-state index contributed by atoms with van der Waals surface area (Å²) in [5, 5.41) is 18.1. The van der Waals surface area contributed by atoms with Gasteiger partial charge in [0.2, 0.25) is 0 Å². The van der Waals surface area contributed by atoms with Crippen LogP contribution < -0.4 is 5.32 Å². The first-order valence-electron chi connectivity index (χ1n) is 9.67. The van der Waals surface area contributed by atoms with Crippen molar-refractivity contribution < 1.29 is 4.52 Å². The number of hydrogen-bond acceptors (Lipinski definition) is 5. The highest BCUT2D eigenvalue weighted by atomic mass is 35.5. The van der Waals surface area contributed by atoms with Gasteiger partial charge in [-0.05, 0) is 56.4 Å². The Morgan fingerprint density at radius 1 is 1.07 bits per heavy atom. The minimum Gasteiger partial charge on any atom is -0.360 e. The van der Waals surface area contributed by atoms with E-state index in [1.165, 1.54) is 5.56 Å². The summed E-state index contributed by atoms with van der Waals surface area (Å²) in [5.41, 5.74) is 3.20. The third kappa shape index (κ3) is 3.04. The molecule has 1 saturated carbocycles. The summed E-state index contributed by atoms with van der Waals surface area (Å²) in [6.07, 6.45) is 4.09. The number of aryl methyl sites for hydroxylation is 1. The molecule has 5 rings (SSSR count). The van der Waals surface area contributed by atoms with Crippen LogP contribution in [0.5, 0.6) is 0 Å². The molecule has 3 aromatic rings. The maximum absolute atomic E-state index is 6.36. The van der Waals surface area contributed by atoms with E-state index >= 15 is 0 Å². The summed E-state index contributed by atoms with van der Waals surface area (Å²) >= 11 is 12.6. The van der Waals surface area contributed by atoms with Crippen molar-refractivity contribution in [3.05, 3.63) is 56.9 Å². The molecule has 28 heavy (non-hydrogen) atoms. The number of rotatable bonds is 2. The molecule has 0 bridgehead atoms. The first-order valence-corrected chi connectivity index (χ1v) is 10.4. The average molecular weight is 418 g/mol. The molecule has 1 N–H and O–H groups in total. The van der Waals surface area contributed by atoms with Crippen molar-refractivity contribution in [1.82, 2.24) is 25.2 Å². The van der Waals surface area contributed by atoms with Crippen LogP contribution >= 0.6 is 23.2 Å². The molecule has 0 saturated heterocycles. The van der Waals surface area contributed by atoms with Crippen LogP contribution in [-0.4, -0.2) is 19.9 Å². The molecule has 6 nitrogen and oxygen atoms in total. The average Bonchev–Trinajstić information content (AvgIpc) is 3.21. The van der Waals surface area contributed by atoms with Crippen LogP contribution in [0.15, 0.2) is 22.7 Å². The van der Waals surface area contributed by atoms with Gasteiger partial charge in [0.25, 0.3) is 0 Å². The maximum atomic E-state index is 6.36. The fraction of sp³-hybridized carbons (Fsp3) is 0.450. The van der Waals surface area contributed by atoms with Gasteiger partial charge in [-0.1, -0.05) is 28.4 Å². The van der Waals surface area contributed by atoms with Crippen LogP contribution in [-0.2, 0) is 13.1 Å². The second-order valence-corrected chi connectivity index (χ2v) is 8.49. The number of halogens is 2. The monoisotopic (exact) mass is 417 g/mol. The lowest BCUT2D eigenvalue weighted by atomic mass is 9.80. The van der Waals surface area contributed by atoms with Crippen molar-refractivity contribution >= 4 is 23.2 Å². The van der Waals surface area contributed by atoms with Crippen molar-refractivity contribution in [2.24, 2.45) is 0 Å². The summed E-state index contributed by atoms with van der Waals surface area (Å²) in [6, 6.07) is 6.03. The second kappa shape index (κ2) is 7.17. The molecule has 1 fully saturated rings. The Bertz CT molecular complexity index is 1020. The van der Waals surface area contributed by atoms with E-state index in [0.717, 1.165) is 60.3 Å². The van der Waals surface area contributed by atoms with Gasteiger partial charge < -0.3 is 9.84 Å². The minimum absolute atomic E-state index is 0.348. The second-order valence-electron chi connectivity index (χ2n) is 7.67. The number of benzene rings is 1. The van der Waals surface area contributed by atoms with Crippen molar-refractivity contribution in [2.75, 3.05) is 0 Å². The summed E-state index contributed by atoms with van der Waals surface area (Å²) in [6.45, 7) is 3.32. The molecule has 2 aromatic heterocycles. The van der Waals surface area contributed by atoms with Crippen molar-refractivity contribution in [1.29, 1.82) is 0 Å². The molecule has 2 aliphatic rings. The third-order valence-electron chi connectivity index (χ3n) is 5.93. The number of aromatic nitrogens is 4. The van der Waals surface area contributed by atoms with Gasteiger partial charge in [-0.25, -0.2) is 0 Å². The standard InChI is InChI=1S/C20H21Cl2N5O/c1-11-18(22)19(26-28-11)12-2-4-13(5-3-12)20-25-24-17-10-23-9-14-8-15(21)6-7-16(14)27(17)20/h6-8,12-13,23H,2-5,9-10H2,1H3. The van der Waals surface area contributed by atoms with Crippen LogP contribution in [0, 0.1) is 6.92 Å². The first-order chi connectivity index (χ1) is 13.6. The van der Waals surface area contributed by atoms with E-state index < -0.39 is 0 Å². The molecule has 1 aliphatic carbocycles. The highest BCUT2D eigenvalue weighted by Crippen LogP contribution is 2.42. The van der Waals surface area contributed by atoms with Gasteiger partial charge in [-0.3, -0.25) is 4.57 Å². The number of hydrogen-bond donors (Lipinski definition) is 1. The molecule has 8 heteroatoms. The summed E-state index contributed by atoms with van der Waals surface area (Å²) in [5.74, 6) is 3.41. The lowest BCUT2D eigenvalue weighted by Crippen LogP contribution is -2.17.